The summed E-state index contributed by atoms with van der Waals surface area (Å²) in [6.45, 7) is 0. The average Bonchev–Trinajstić information content (AvgIpc) is 2.25. The van der Waals surface area contributed by atoms with E-state index in [9.17, 15) is 18.0 Å². The first-order valence-electron chi connectivity index (χ1n) is 5.69. The van der Waals surface area contributed by atoms with Crippen LogP contribution in [-0.4, -0.2) is 37.4 Å². The average molecular weight is 411 g/mol. The fourth-order valence-electron chi connectivity index (χ4n) is 1.50. The summed E-state index contributed by atoms with van der Waals surface area (Å²) in [7, 11) is -3.08. The third kappa shape index (κ3) is 6.33. The van der Waals surface area contributed by atoms with Crippen molar-refractivity contribution in [2.24, 2.45) is 0 Å². The van der Waals surface area contributed by atoms with Gasteiger partial charge in [-0.15, -0.1) is 0 Å². The summed E-state index contributed by atoms with van der Waals surface area (Å²) < 4.78 is 22.6. The molecule has 0 bridgehead atoms. The van der Waals surface area contributed by atoms with Crippen LogP contribution in [0.5, 0.6) is 0 Å². The van der Waals surface area contributed by atoms with E-state index in [1.807, 2.05) is 22.6 Å². The summed E-state index contributed by atoms with van der Waals surface area (Å²) in [6.07, 6.45) is 1.42. The van der Waals surface area contributed by atoms with E-state index in [-0.39, 0.29) is 30.1 Å². The van der Waals surface area contributed by atoms with E-state index >= 15 is 0 Å². The lowest BCUT2D eigenvalue weighted by molar-refractivity contribution is -0.116. The number of carboxylic acid groups (broad SMARTS) is 1. The zero-order valence-corrected chi connectivity index (χ0v) is 13.7. The summed E-state index contributed by atoms with van der Waals surface area (Å²) >= 11 is 1.96. The molecule has 20 heavy (non-hydrogen) atoms. The molecule has 110 valence electrons. The topological polar surface area (TPSA) is 101 Å². The van der Waals surface area contributed by atoms with Gasteiger partial charge in [0.1, 0.15) is 9.84 Å². The Morgan fingerprint density at radius 3 is 2.50 bits per heavy atom. The molecular formula is C12H14INO5S. The monoisotopic (exact) mass is 411 g/mol. The molecule has 0 saturated heterocycles. The van der Waals surface area contributed by atoms with Gasteiger partial charge >= 0.3 is 5.97 Å². The maximum absolute atomic E-state index is 11.6. The first-order chi connectivity index (χ1) is 9.17. The highest BCUT2D eigenvalue weighted by molar-refractivity contribution is 14.1. The van der Waals surface area contributed by atoms with Crippen molar-refractivity contribution < 1.29 is 23.1 Å². The summed E-state index contributed by atoms with van der Waals surface area (Å²) in [5.41, 5.74) is 0.474. The third-order valence-electron chi connectivity index (χ3n) is 2.35. The number of anilines is 1. The Bertz CT molecular complexity index is 627. The minimum absolute atomic E-state index is 0.0485. The molecule has 0 heterocycles. The van der Waals surface area contributed by atoms with E-state index in [0.29, 0.717) is 9.26 Å². The first-order valence-corrected chi connectivity index (χ1v) is 8.83. The lowest BCUT2D eigenvalue weighted by Gasteiger charge is -2.07. The van der Waals surface area contributed by atoms with Crippen LogP contribution in [0.2, 0.25) is 0 Å². The summed E-state index contributed by atoms with van der Waals surface area (Å²) in [5.74, 6) is -1.46. The van der Waals surface area contributed by atoms with Crippen molar-refractivity contribution >= 4 is 50.0 Å². The highest BCUT2D eigenvalue weighted by Gasteiger charge is 2.09. The molecule has 0 atom stereocenters. The van der Waals surface area contributed by atoms with Gasteiger partial charge in [-0.2, -0.15) is 0 Å². The molecule has 0 aliphatic rings. The Balaban J connectivity index is 2.64. The number of benzene rings is 1. The van der Waals surface area contributed by atoms with Crippen molar-refractivity contribution in [2.45, 2.75) is 12.8 Å². The van der Waals surface area contributed by atoms with Crippen molar-refractivity contribution in [2.75, 3.05) is 17.3 Å². The van der Waals surface area contributed by atoms with E-state index in [0.717, 1.165) is 6.26 Å². The van der Waals surface area contributed by atoms with Crippen molar-refractivity contribution in [3.63, 3.8) is 0 Å². The van der Waals surface area contributed by atoms with Crippen LogP contribution in [0.15, 0.2) is 18.2 Å². The molecule has 0 unspecified atom stereocenters. The number of hydrogen-bond donors (Lipinski definition) is 2. The maximum Gasteiger partial charge on any atom is 0.335 e. The lowest BCUT2D eigenvalue weighted by Crippen LogP contribution is -2.14. The van der Waals surface area contributed by atoms with Gasteiger partial charge in [-0.05, 0) is 47.2 Å². The van der Waals surface area contributed by atoms with Crippen molar-refractivity contribution in [1.82, 2.24) is 0 Å². The molecule has 8 heteroatoms. The molecule has 0 saturated carbocycles. The highest BCUT2D eigenvalue weighted by Crippen LogP contribution is 2.17. The normalized spacial score (nSPS) is 11.1. The Kier molecular flexibility index (Phi) is 5.93. The molecule has 1 aromatic rings. The molecule has 1 aromatic carbocycles. The van der Waals surface area contributed by atoms with Crippen LogP contribution in [0.1, 0.15) is 23.2 Å². The molecule has 0 aromatic heterocycles. The van der Waals surface area contributed by atoms with E-state index in [4.69, 9.17) is 5.11 Å². The van der Waals surface area contributed by atoms with Gasteiger partial charge in [-0.1, -0.05) is 0 Å². The summed E-state index contributed by atoms with van der Waals surface area (Å²) in [4.78, 5) is 22.5. The van der Waals surface area contributed by atoms with Crippen LogP contribution in [0.3, 0.4) is 0 Å². The SMILES string of the molecule is CS(=O)(=O)CCCC(=O)Nc1cc(I)cc(C(=O)O)c1. The molecular weight excluding hydrogens is 397 g/mol. The molecule has 2 N–H and O–H groups in total. The molecule has 1 amide bonds. The Hall–Kier alpha value is -1.16. The fraction of sp³-hybridized carbons (Fsp3) is 0.333. The van der Waals surface area contributed by atoms with Gasteiger partial charge in [0.2, 0.25) is 5.91 Å². The van der Waals surface area contributed by atoms with Crippen LogP contribution < -0.4 is 5.32 Å². The number of carbonyl (C=O) groups is 2. The van der Waals surface area contributed by atoms with E-state index in [2.05, 4.69) is 5.32 Å². The van der Waals surface area contributed by atoms with Gasteiger partial charge in [-0.3, -0.25) is 4.79 Å². The number of aromatic carboxylic acids is 1. The molecule has 1 rings (SSSR count). The van der Waals surface area contributed by atoms with Gasteiger partial charge in [0.25, 0.3) is 0 Å². The van der Waals surface area contributed by atoms with E-state index in [1.54, 1.807) is 6.07 Å². The Morgan fingerprint density at radius 1 is 1.30 bits per heavy atom. The molecule has 0 fully saturated rings. The Morgan fingerprint density at radius 2 is 1.95 bits per heavy atom. The number of amides is 1. The van der Waals surface area contributed by atoms with Crippen molar-refractivity contribution in [1.29, 1.82) is 0 Å². The zero-order chi connectivity index (χ0) is 15.3. The largest absolute Gasteiger partial charge is 0.478 e. The summed E-state index contributed by atoms with van der Waals surface area (Å²) in [6, 6.07) is 4.49. The van der Waals surface area contributed by atoms with Gasteiger partial charge in [0.05, 0.1) is 11.3 Å². The Labute approximate surface area is 130 Å². The molecule has 6 nitrogen and oxygen atoms in total. The quantitative estimate of drug-likeness (QED) is 0.695. The second kappa shape index (κ2) is 7.02. The molecule has 0 aliphatic heterocycles. The minimum Gasteiger partial charge on any atom is -0.478 e. The van der Waals surface area contributed by atoms with Crippen LogP contribution >= 0.6 is 22.6 Å². The van der Waals surface area contributed by atoms with Gasteiger partial charge < -0.3 is 10.4 Å². The van der Waals surface area contributed by atoms with Crippen LogP contribution in [0, 0.1) is 3.57 Å². The third-order valence-corrected chi connectivity index (χ3v) is 4.00. The minimum atomic E-state index is -3.08. The fourth-order valence-corrected chi connectivity index (χ4v) is 2.84. The standard InChI is InChI=1S/C12H14INO5S/c1-20(18,19)4-2-3-11(15)14-10-6-8(12(16)17)5-9(13)7-10/h5-7H,2-4H2,1H3,(H,14,15)(H,16,17). The zero-order valence-electron chi connectivity index (χ0n) is 10.7. The maximum atomic E-state index is 11.6. The van der Waals surface area contributed by atoms with Crippen LogP contribution in [0.4, 0.5) is 5.69 Å². The summed E-state index contributed by atoms with van der Waals surface area (Å²) in [5, 5.41) is 11.5. The number of sulfone groups is 1. The number of rotatable bonds is 6. The van der Waals surface area contributed by atoms with E-state index in [1.165, 1.54) is 12.1 Å². The van der Waals surface area contributed by atoms with Crippen molar-refractivity contribution in [3.05, 3.63) is 27.3 Å². The number of hydrogen-bond acceptors (Lipinski definition) is 4. The molecule has 0 spiro atoms. The number of carbonyl (C=O) groups excluding carboxylic acids is 1. The highest BCUT2D eigenvalue weighted by atomic mass is 127. The second-order valence-corrected chi connectivity index (χ2v) is 7.82. The predicted octanol–water partition coefficient (Wildman–Crippen LogP) is 1.75. The lowest BCUT2D eigenvalue weighted by atomic mass is 10.2. The van der Waals surface area contributed by atoms with Crippen LogP contribution in [-0.2, 0) is 14.6 Å². The number of halogens is 1. The molecule has 0 radical (unpaired) electrons. The first kappa shape index (κ1) is 16.9. The van der Waals surface area contributed by atoms with Gasteiger partial charge in [0.15, 0.2) is 0 Å². The predicted molar refractivity (Wildman–Crippen MR) is 83.7 cm³/mol. The van der Waals surface area contributed by atoms with Gasteiger partial charge in [0, 0.05) is 21.9 Å². The number of carboxylic acids is 1. The second-order valence-electron chi connectivity index (χ2n) is 4.32. The number of nitrogens with one attached hydrogen (secondary N) is 1. The van der Waals surface area contributed by atoms with Crippen LogP contribution in [0.25, 0.3) is 0 Å². The molecule has 0 aliphatic carbocycles. The van der Waals surface area contributed by atoms with Crippen molar-refractivity contribution in [3.8, 4) is 0 Å². The van der Waals surface area contributed by atoms with Gasteiger partial charge in [-0.25, -0.2) is 13.2 Å². The van der Waals surface area contributed by atoms with E-state index < -0.39 is 15.8 Å². The smallest absolute Gasteiger partial charge is 0.335 e.